The Morgan fingerprint density at radius 2 is 1.57 bits per heavy atom. The molecule has 8 nitrogen and oxygen atoms in total. The van der Waals surface area contributed by atoms with Crippen LogP contribution in [0, 0.1) is 0 Å². The van der Waals surface area contributed by atoms with Crippen molar-refractivity contribution < 1.29 is 19.1 Å². The molecule has 2 aromatic rings. The van der Waals surface area contributed by atoms with Gasteiger partial charge in [-0.05, 0) is 56.2 Å². The third-order valence-electron chi connectivity index (χ3n) is 4.05. The molecule has 2 N–H and O–H groups in total. The SMILES string of the molecule is CN(C)C(=O)[C@H](CNC(=O)OC(C)(C)C)NC(=O)c1ccc(-c2ccncc2)cc1. The Bertz CT molecular complexity index is 874. The monoisotopic (exact) mass is 412 g/mol. The van der Waals surface area contributed by atoms with Crippen molar-refractivity contribution in [3.63, 3.8) is 0 Å². The van der Waals surface area contributed by atoms with Gasteiger partial charge in [0.1, 0.15) is 11.6 Å². The number of amides is 3. The summed E-state index contributed by atoms with van der Waals surface area (Å²) in [5.41, 5.74) is 1.67. The number of ether oxygens (including phenoxy) is 1. The molecule has 30 heavy (non-hydrogen) atoms. The number of carbonyl (C=O) groups excluding carboxylic acids is 3. The maximum Gasteiger partial charge on any atom is 0.407 e. The Morgan fingerprint density at radius 1 is 1.00 bits per heavy atom. The second-order valence-electron chi connectivity index (χ2n) is 7.95. The van der Waals surface area contributed by atoms with E-state index >= 15 is 0 Å². The number of rotatable bonds is 6. The second kappa shape index (κ2) is 9.87. The largest absolute Gasteiger partial charge is 0.444 e. The zero-order valence-corrected chi connectivity index (χ0v) is 17.9. The Kier molecular flexibility index (Phi) is 7.52. The van der Waals surface area contributed by atoms with Crippen LogP contribution in [-0.4, -0.2) is 60.1 Å². The fourth-order valence-electron chi connectivity index (χ4n) is 2.61. The predicted molar refractivity (Wildman–Crippen MR) is 114 cm³/mol. The minimum absolute atomic E-state index is 0.0905. The maximum atomic E-state index is 12.7. The van der Waals surface area contributed by atoms with Gasteiger partial charge in [-0.1, -0.05) is 12.1 Å². The van der Waals surface area contributed by atoms with E-state index < -0.39 is 23.6 Å². The lowest BCUT2D eigenvalue weighted by Gasteiger charge is -2.24. The van der Waals surface area contributed by atoms with Crippen LogP contribution in [0.1, 0.15) is 31.1 Å². The van der Waals surface area contributed by atoms with Gasteiger partial charge in [0.15, 0.2) is 0 Å². The van der Waals surface area contributed by atoms with Gasteiger partial charge < -0.3 is 20.3 Å². The molecule has 8 heteroatoms. The Morgan fingerprint density at radius 3 is 2.10 bits per heavy atom. The standard InChI is InChI=1S/C22H28N4O4/c1-22(2,3)30-21(29)24-14-18(20(28)26(4)5)25-19(27)17-8-6-15(7-9-17)16-10-12-23-13-11-16/h6-13,18H,14H2,1-5H3,(H,24,29)(H,25,27)/t18-/m0/s1. The molecule has 0 saturated carbocycles. The highest BCUT2D eigenvalue weighted by Gasteiger charge is 2.25. The van der Waals surface area contributed by atoms with E-state index in [1.165, 1.54) is 4.90 Å². The fraction of sp³-hybridized carbons (Fsp3) is 0.364. The number of aromatic nitrogens is 1. The molecule has 0 bridgehead atoms. The number of pyridine rings is 1. The second-order valence-corrected chi connectivity index (χ2v) is 7.95. The van der Waals surface area contributed by atoms with Gasteiger partial charge in [-0.3, -0.25) is 14.6 Å². The van der Waals surface area contributed by atoms with E-state index in [2.05, 4.69) is 15.6 Å². The van der Waals surface area contributed by atoms with Crippen LogP contribution >= 0.6 is 0 Å². The summed E-state index contributed by atoms with van der Waals surface area (Å²) in [7, 11) is 3.16. The van der Waals surface area contributed by atoms with Gasteiger partial charge >= 0.3 is 6.09 Å². The number of hydrogen-bond acceptors (Lipinski definition) is 5. The zero-order chi connectivity index (χ0) is 22.3. The van der Waals surface area contributed by atoms with Crippen LogP contribution in [0.15, 0.2) is 48.8 Å². The van der Waals surface area contributed by atoms with Crippen molar-refractivity contribution in [2.45, 2.75) is 32.4 Å². The molecule has 0 unspecified atom stereocenters. The van der Waals surface area contributed by atoms with Crippen LogP contribution in [0.25, 0.3) is 11.1 Å². The van der Waals surface area contributed by atoms with E-state index in [4.69, 9.17) is 4.74 Å². The van der Waals surface area contributed by atoms with Crippen LogP contribution in [0.2, 0.25) is 0 Å². The van der Waals surface area contributed by atoms with Gasteiger partial charge in [0.05, 0.1) is 6.54 Å². The summed E-state index contributed by atoms with van der Waals surface area (Å²) in [5.74, 6) is -0.754. The molecular formula is C22H28N4O4. The third-order valence-corrected chi connectivity index (χ3v) is 4.05. The van der Waals surface area contributed by atoms with E-state index in [1.807, 2.05) is 24.3 Å². The first-order valence-corrected chi connectivity index (χ1v) is 9.56. The Labute approximate surface area is 176 Å². The summed E-state index contributed by atoms with van der Waals surface area (Å²) < 4.78 is 5.18. The number of nitrogens with zero attached hydrogens (tertiary/aromatic N) is 2. The number of benzene rings is 1. The van der Waals surface area contributed by atoms with Gasteiger partial charge in [0.2, 0.25) is 5.91 Å². The summed E-state index contributed by atoms with van der Waals surface area (Å²) >= 11 is 0. The van der Waals surface area contributed by atoms with E-state index in [9.17, 15) is 14.4 Å². The normalized spacial score (nSPS) is 11.9. The van der Waals surface area contributed by atoms with Gasteiger partial charge in [-0.2, -0.15) is 0 Å². The highest BCUT2D eigenvalue weighted by molar-refractivity contribution is 5.98. The van der Waals surface area contributed by atoms with Gasteiger partial charge in [-0.15, -0.1) is 0 Å². The van der Waals surface area contributed by atoms with E-state index in [0.717, 1.165) is 11.1 Å². The number of likely N-dealkylation sites (N-methyl/N-ethyl adjacent to an activating group) is 1. The van der Waals surface area contributed by atoms with E-state index in [-0.39, 0.29) is 12.5 Å². The van der Waals surface area contributed by atoms with Gasteiger partial charge in [0, 0.05) is 32.1 Å². The topological polar surface area (TPSA) is 101 Å². The van der Waals surface area contributed by atoms with E-state index in [1.54, 1.807) is 59.4 Å². The van der Waals surface area contributed by atoms with E-state index in [0.29, 0.717) is 5.56 Å². The van der Waals surface area contributed by atoms with Crippen molar-refractivity contribution in [2.24, 2.45) is 0 Å². The average molecular weight is 412 g/mol. The Hall–Kier alpha value is -3.42. The Balaban J connectivity index is 2.06. The molecule has 0 spiro atoms. The van der Waals surface area contributed by atoms with Gasteiger partial charge in [0.25, 0.3) is 5.91 Å². The minimum Gasteiger partial charge on any atom is -0.444 e. The predicted octanol–water partition coefficient (Wildman–Crippen LogP) is 2.46. The number of nitrogens with one attached hydrogen (secondary N) is 2. The number of carbonyl (C=O) groups is 3. The average Bonchev–Trinajstić information content (AvgIpc) is 2.69. The molecule has 0 aliphatic heterocycles. The summed E-state index contributed by atoms with van der Waals surface area (Å²) in [6.45, 7) is 5.14. The molecular weight excluding hydrogens is 384 g/mol. The lowest BCUT2D eigenvalue weighted by molar-refractivity contribution is -0.130. The summed E-state index contributed by atoms with van der Waals surface area (Å²) in [4.78, 5) is 42.4. The molecule has 0 aliphatic rings. The number of alkyl carbamates (subject to hydrolysis) is 1. The van der Waals surface area contributed by atoms with Crippen LogP contribution in [0.4, 0.5) is 4.79 Å². The molecule has 0 radical (unpaired) electrons. The first kappa shape index (κ1) is 22.9. The highest BCUT2D eigenvalue weighted by atomic mass is 16.6. The minimum atomic E-state index is -0.931. The maximum absolute atomic E-state index is 12.7. The van der Waals surface area contributed by atoms with Crippen molar-refractivity contribution >= 4 is 17.9 Å². The van der Waals surface area contributed by atoms with Crippen molar-refractivity contribution in [1.29, 1.82) is 0 Å². The van der Waals surface area contributed by atoms with Crippen molar-refractivity contribution in [2.75, 3.05) is 20.6 Å². The van der Waals surface area contributed by atoms with Crippen LogP contribution in [0.5, 0.6) is 0 Å². The summed E-state index contributed by atoms with van der Waals surface area (Å²) in [6, 6.07) is 9.84. The lowest BCUT2D eigenvalue weighted by Crippen LogP contribution is -2.52. The molecule has 3 amide bonds. The molecule has 0 fully saturated rings. The molecule has 1 aromatic heterocycles. The molecule has 1 atom stereocenters. The zero-order valence-electron chi connectivity index (χ0n) is 17.9. The number of hydrogen-bond donors (Lipinski definition) is 2. The van der Waals surface area contributed by atoms with Crippen molar-refractivity contribution in [3.8, 4) is 11.1 Å². The highest BCUT2D eigenvalue weighted by Crippen LogP contribution is 2.18. The smallest absolute Gasteiger partial charge is 0.407 e. The molecule has 1 aromatic carbocycles. The van der Waals surface area contributed by atoms with Crippen molar-refractivity contribution in [3.05, 3.63) is 54.4 Å². The van der Waals surface area contributed by atoms with Gasteiger partial charge in [-0.25, -0.2) is 4.79 Å². The van der Waals surface area contributed by atoms with Crippen molar-refractivity contribution in [1.82, 2.24) is 20.5 Å². The first-order valence-electron chi connectivity index (χ1n) is 9.56. The lowest BCUT2D eigenvalue weighted by atomic mass is 10.0. The molecule has 1 heterocycles. The third kappa shape index (κ3) is 6.88. The molecule has 2 rings (SSSR count). The molecule has 0 saturated heterocycles. The first-order chi connectivity index (χ1) is 14.1. The quantitative estimate of drug-likeness (QED) is 0.759. The summed E-state index contributed by atoms with van der Waals surface area (Å²) in [5, 5.41) is 5.21. The van der Waals surface area contributed by atoms with Crippen LogP contribution in [0.3, 0.4) is 0 Å². The van der Waals surface area contributed by atoms with Crippen LogP contribution < -0.4 is 10.6 Å². The van der Waals surface area contributed by atoms with Crippen LogP contribution in [-0.2, 0) is 9.53 Å². The molecule has 0 aliphatic carbocycles. The summed E-state index contributed by atoms with van der Waals surface area (Å²) in [6.07, 6.45) is 2.74. The molecule has 160 valence electrons. The fourth-order valence-corrected chi connectivity index (χ4v) is 2.61.